The highest BCUT2D eigenvalue weighted by atomic mass is 35.5. The van der Waals surface area contributed by atoms with Crippen molar-refractivity contribution in [3.05, 3.63) is 40.7 Å². The summed E-state index contributed by atoms with van der Waals surface area (Å²) in [5, 5.41) is 3.42. The van der Waals surface area contributed by atoms with Gasteiger partial charge in [-0.1, -0.05) is 11.6 Å². The second-order valence-electron chi connectivity index (χ2n) is 3.69. The quantitative estimate of drug-likeness (QED) is 0.571. The van der Waals surface area contributed by atoms with Crippen LogP contribution in [-0.2, 0) is 0 Å². The number of hydrazine groups is 1. The Morgan fingerprint density at radius 1 is 1.16 bits per heavy atom. The number of halogens is 1. The minimum absolute atomic E-state index is 0.318. The minimum Gasteiger partial charge on any atom is -0.438 e. The van der Waals surface area contributed by atoms with Gasteiger partial charge in [0.15, 0.2) is 0 Å². The minimum atomic E-state index is 0.318. The predicted molar refractivity (Wildman–Crippen MR) is 76.8 cm³/mol. The molecule has 7 heteroatoms. The number of anilines is 1. The third-order valence-corrected chi connectivity index (χ3v) is 3.51. The number of rotatable bonds is 3. The molecular weight excluding hydrogens is 284 g/mol. The van der Waals surface area contributed by atoms with Crippen molar-refractivity contribution in [1.29, 1.82) is 0 Å². The Kier molecular flexibility index (Phi) is 3.20. The molecule has 0 spiro atoms. The summed E-state index contributed by atoms with van der Waals surface area (Å²) in [6, 6.07) is 8.97. The SMILES string of the molecule is NNc1nc(Oc2ccc(Cl)cc2)c2ccsc2n1. The lowest BCUT2D eigenvalue weighted by Gasteiger charge is -2.07. The largest absolute Gasteiger partial charge is 0.438 e. The van der Waals surface area contributed by atoms with Crippen LogP contribution >= 0.6 is 22.9 Å². The van der Waals surface area contributed by atoms with E-state index in [-0.39, 0.29) is 0 Å². The lowest BCUT2D eigenvalue weighted by Crippen LogP contribution is -2.10. The van der Waals surface area contributed by atoms with Gasteiger partial charge in [0, 0.05) is 5.02 Å². The molecule has 0 aliphatic carbocycles. The average Bonchev–Trinajstić information content (AvgIpc) is 2.89. The fraction of sp³-hybridized carbons (Fsp3) is 0. The zero-order valence-corrected chi connectivity index (χ0v) is 11.2. The molecule has 96 valence electrons. The maximum absolute atomic E-state index is 5.83. The van der Waals surface area contributed by atoms with E-state index in [2.05, 4.69) is 15.4 Å². The molecule has 0 unspecified atom stereocenters. The number of nitrogens with zero attached hydrogens (tertiary/aromatic N) is 2. The molecule has 3 N–H and O–H groups in total. The Bertz CT molecular complexity index is 713. The lowest BCUT2D eigenvalue weighted by atomic mass is 10.3. The molecular formula is C12H9ClN4OS. The Labute approximate surface area is 118 Å². The van der Waals surface area contributed by atoms with E-state index in [1.165, 1.54) is 11.3 Å². The molecule has 1 aromatic carbocycles. The van der Waals surface area contributed by atoms with Gasteiger partial charge in [-0.15, -0.1) is 11.3 Å². The van der Waals surface area contributed by atoms with Crippen LogP contribution in [0.2, 0.25) is 5.02 Å². The number of thiophene rings is 1. The summed E-state index contributed by atoms with van der Waals surface area (Å²) >= 11 is 7.33. The number of benzene rings is 1. The molecule has 0 aliphatic rings. The van der Waals surface area contributed by atoms with Crippen LogP contribution in [0.3, 0.4) is 0 Å². The van der Waals surface area contributed by atoms with Crippen molar-refractivity contribution in [2.75, 3.05) is 5.43 Å². The topological polar surface area (TPSA) is 73.1 Å². The van der Waals surface area contributed by atoms with Crippen molar-refractivity contribution < 1.29 is 4.74 Å². The molecule has 0 radical (unpaired) electrons. The first kappa shape index (κ1) is 12.2. The van der Waals surface area contributed by atoms with E-state index in [4.69, 9.17) is 22.2 Å². The molecule has 19 heavy (non-hydrogen) atoms. The van der Waals surface area contributed by atoms with Gasteiger partial charge in [0.05, 0.1) is 5.39 Å². The van der Waals surface area contributed by atoms with Gasteiger partial charge in [-0.05, 0) is 35.7 Å². The monoisotopic (exact) mass is 292 g/mol. The Hall–Kier alpha value is -1.89. The maximum Gasteiger partial charge on any atom is 0.241 e. The first-order valence-electron chi connectivity index (χ1n) is 5.41. The molecule has 5 nitrogen and oxygen atoms in total. The first-order valence-corrected chi connectivity index (χ1v) is 6.67. The number of aromatic nitrogens is 2. The smallest absolute Gasteiger partial charge is 0.241 e. The third kappa shape index (κ3) is 2.46. The van der Waals surface area contributed by atoms with Gasteiger partial charge < -0.3 is 4.74 Å². The van der Waals surface area contributed by atoms with Crippen LogP contribution in [0.1, 0.15) is 0 Å². The van der Waals surface area contributed by atoms with E-state index >= 15 is 0 Å². The van der Waals surface area contributed by atoms with Crippen molar-refractivity contribution in [3.8, 4) is 11.6 Å². The summed E-state index contributed by atoms with van der Waals surface area (Å²) in [6.45, 7) is 0. The molecule has 0 saturated carbocycles. The van der Waals surface area contributed by atoms with E-state index in [0.717, 1.165) is 10.2 Å². The third-order valence-electron chi connectivity index (χ3n) is 2.45. The van der Waals surface area contributed by atoms with Crippen LogP contribution < -0.4 is 16.0 Å². The van der Waals surface area contributed by atoms with Crippen LogP contribution in [0.15, 0.2) is 35.7 Å². The number of nitrogens with two attached hydrogens (primary N) is 1. The molecule has 3 aromatic rings. The molecule has 2 heterocycles. The van der Waals surface area contributed by atoms with Crippen molar-refractivity contribution in [2.45, 2.75) is 0 Å². The van der Waals surface area contributed by atoms with Crippen LogP contribution in [0.5, 0.6) is 11.6 Å². The Balaban J connectivity index is 2.03. The van der Waals surface area contributed by atoms with E-state index in [0.29, 0.717) is 22.6 Å². The normalized spacial score (nSPS) is 10.6. The molecule has 0 bridgehead atoms. The molecule has 0 aliphatic heterocycles. The van der Waals surface area contributed by atoms with E-state index < -0.39 is 0 Å². The van der Waals surface area contributed by atoms with Gasteiger partial charge in [-0.25, -0.2) is 10.8 Å². The summed E-state index contributed by atoms with van der Waals surface area (Å²) in [4.78, 5) is 9.27. The number of nitrogens with one attached hydrogen (secondary N) is 1. The van der Waals surface area contributed by atoms with Crippen LogP contribution in [0.25, 0.3) is 10.2 Å². The van der Waals surface area contributed by atoms with Gasteiger partial charge in [-0.2, -0.15) is 4.98 Å². The maximum atomic E-state index is 5.83. The molecule has 0 amide bonds. The summed E-state index contributed by atoms with van der Waals surface area (Å²) in [5.74, 6) is 6.78. The number of ether oxygens (including phenoxy) is 1. The van der Waals surface area contributed by atoms with Crippen molar-refractivity contribution in [1.82, 2.24) is 9.97 Å². The lowest BCUT2D eigenvalue weighted by molar-refractivity contribution is 0.469. The summed E-state index contributed by atoms with van der Waals surface area (Å²) in [5.41, 5.74) is 2.43. The molecule has 0 fully saturated rings. The molecule has 3 rings (SSSR count). The van der Waals surface area contributed by atoms with Crippen molar-refractivity contribution in [3.63, 3.8) is 0 Å². The molecule has 0 saturated heterocycles. The highest BCUT2D eigenvalue weighted by Crippen LogP contribution is 2.31. The van der Waals surface area contributed by atoms with Crippen molar-refractivity contribution >= 4 is 39.1 Å². The van der Waals surface area contributed by atoms with E-state index in [1.807, 2.05) is 11.4 Å². The second-order valence-corrected chi connectivity index (χ2v) is 5.02. The van der Waals surface area contributed by atoms with Crippen LogP contribution in [0, 0.1) is 0 Å². The summed E-state index contributed by atoms with van der Waals surface area (Å²) in [7, 11) is 0. The van der Waals surface area contributed by atoms with Gasteiger partial charge in [0.1, 0.15) is 10.6 Å². The predicted octanol–water partition coefficient (Wildman–Crippen LogP) is 3.42. The zero-order chi connectivity index (χ0) is 13.2. The van der Waals surface area contributed by atoms with Gasteiger partial charge in [-0.3, -0.25) is 5.43 Å². The number of hydrogen-bond acceptors (Lipinski definition) is 6. The number of hydrogen-bond donors (Lipinski definition) is 2. The number of fused-ring (bicyclic) bond motifs is 1. The van der Waals surface area contributed by atoms with Crippen molar-refractivity contribution in [2.24, 2.45) is 5.84 Å². The van der Waals surface area contributed by atoms with E-state index in [9.17, 15) is 0 Å². The van der Waals surface area contributed by atoms with Gasteiger partial charge in [0.2, 0.25) is 11.8 Å². The average molecular weight is 293 g/mol. The summed E-state index contributed by atoms with van der Waals surface area (Å²) in [6.07, 6.45) is 0. The molecule has 0 atom stereocenters. The second kappa shape index (κ2) is 5.00. The fourth-order valence-corrected chi connectivity index (χ4v) is 2.47. The Morgan fingerprint density at radius 3 is 2.68 bits per heavy atom. The summed E-state index contributed by atoms with van der Waals surface area (Å²) < 4.78 is 5.75. The Morgan fingerprint density at radius 2 is 1.95 bits per heavy atom. The number of nitrogen functional groups attached to an aromatic ring is 1. The van der Waals surface area contributed by atoms with E-state index in [1.54, 1.807) is 24.3 Å². The standard InChI is InChI=1S/C12H9ClN4OS/c13-7-1-3-8(4-2-7)18-10-9-5-6-19-11(9)16-12(15-10)17-14/h1-6H,14H2,(H,15,16,17). The zero-order valence-electron chi connectivity index (χ0n) is 9.63. The van der Waals surface area contributed by atoms with Gasteiger partial charge in [0.25, 0.3) is 0 Å². The molecule has 2 aromatic heterocycles. The van der Waals surface area contributed by atoms with Gasteiger partial charge >= 0.3 is 0 Å². The van der Waals surface area contributed by atoms with Crippen LogP contribution in [0.4, 0.5) is 5.95 Å². The first-order chi connectivity index (χ1) is 9.26. The highest BCUT2D eigenvalue weighted by Gasteiger charge is 2.10. The van der Waals surface area contributed by atoms with Crippen LogP contribution in [-0.4, -0.2) is 9.97 Å². The fourth-order valence-electron chi connectivity index (χ4n) is 1.58. The highest BCUT2D eigenvalue weighted by molar-refractivity contribution is 7.16.